The zero-order valence-corrected chi connectivity index (χ0v) is 12.6. The van der Waals surface area contributed by atoms with Crippen LogP contribution in [0.2, 0.25) is 0 Å². The first-order valence-electron chi connectivity index (χ1n) is 7.63. The number of hydrogen-bond donors (Lipinski definition) is 0. The van der Waals surface area contributed by atoms with Crippen molar-refractivity contribution in [3.63, 3.8) is 0 Å². The number of ether oxygens (including phenoxy) is 1. The summed E-state index contributed by atoms with van der Waals surface area (Å²) in [6.45, 7) is 2.10. The molecule has 0 spiro atoms. The Morgan fingerprint density at radius 2 is 1.91 bits per heavy atom. The van der Waals surface area contributed by atoms with Crippen molar-refractivity contribution in [3.05, 3.63) is 48.5 Å². The van der Waals surface area contributed by atoms with Crippen molar-refractivity contribution in [3.8, 4) is 0 Å². The number of rotatable bonds is 3. The average molecular weight is 311 g/mol. The molecule has 2 saturated heterocycles. The molecule has 0 N–H and O–H groups in total. The van der Waals surface area contributed by atoms with Gasteiger partial charge in [0.1, 0.15) is 6.61 Å². The van der Waals surface area contributed by atoms with Crippen molar-refractivity contribution in [2.24, 2.45) is 0 Å². The minimum atomic E-state index is -0.00153. The van der Waals surface area contributed by atoms with Crippen molar-refractivity contribution < 1.29 is 9.53 Å². The smallest absolute Gasteiger partial charge is 0.249 e. The van der Waals surface area contributed by atoms with E-state index in [0.29, 0.717) is 25.6 Å². The van der Waals surface area contributed by atoms with Crippen molar-refractivity contribution in [1.29, 1.82) is 0 Å². The van der Waals surface area contributed by atoms with E-state index in [0.717, 1.165) is 5.56 Å². The molecular weight excluding hydrogens is 294 g/mol. The van der Waals surface area contributed by atoms with Crippen LogP contribution in [0, 0.1) is 0 Å². The summed E-state index contributed by atoms with van der Waals surface area (Å²) < 4.78 is 5.73. The molecule has 2 aromatic rings. The molecular formula is C16H17N5O2. The molecule has 0 aliphatic carbocycles. The molecule has 2 aliphatic rings. The Kier molecular flexibility index (Phi) is 3.63. The van der Waals surface area contributed by atoms with Crippen LogP contribution in [0.25, 0.3) is 0 Å². The highest BCUT2D eigenvalue weighted by molar-refractivity contribution is 5.79. The fourth-order valence-electron chi connectivity index (χ4n) is 3.17. The number of aromatic nitrogens is 3. The van der Waals surface area contributed by atoms with E-state index in [1.807, 2.05) is 17.0 Å². The molecule has 0 aromatic carbocycles. The summed E-state index contributed by atoms with van der Waals surface area (Å²) in [5, 5.41) is 0. The molecule has 4 heterocycles. The van der Waals surface area contributed by atoms with E-state index >= 15 is 0 Å². The van der Waals surface area contributed by atoms with Gasteiger partial charge < -0.3 is 14.5 Å². The molecule has 0 radical (unpaired) electrons. The summed E-state index contributed by atoms with van der Waals surface area (Å²) in [4.78, 5) is 28.9. The van der Waals surface area contributed by atoms with Crippen LogP contribution in [0.15, 0.2) is 43.0 Å². The van der Waals surface area contributed by atoms with Crippen molar-refractivity contribution in [2.75, 3.05) is 24.6 Å². The van der Waals surface area contributed by atoms with Crippen LogP contribution in [-0.4, -0.2) is 57.6 Å². The quantitative estimate of drug-likeness (QED) is 0.821. The maximum Gasteiger partial charge on any atom is 0.249 e. The summed E-state index contributed by atoms with van der Waals surface area (Å²) in [5.74, 6) is 0.709. The zero-order chi connectivity index (χ0) is 15.6. The van der Waals surface area contributed by atoms with Gasteiger partial charge in [-0.05, 0) is 23.8 Å². The van der Waals surface area contributed by atoms with E-state index < -0.39 is 0 Å². The molecule has 118 valence electrons. The summed E-state index contributed by atoms with van der Waals surface area (Å²) in [6.07, 6.45) is 6.95. The fraction of sp³-hybridized carbons (Fsp3) is 0.375. The number of hydrogen-bond acceptors (Lipinski definition) is 6. The molecule has 2 aromatic heterocycles. The van der Waals surface area contributed by atoms with E-state index in [1.165, 1.54) is 0 Å². The van der Waals surface area contributed by atoms with Gasteiger partial charge in [-0.3, -0.25) is 9.78 Å². The Hall–Kier alpha value is -2.54. The third-order valence-electron chi connectivity index (χ3n) is 4.32. The van der Waals surface area contributed by atoms with Gasteiger partial charge in [0.2, 0.25) is 11.9 Å². The van der Waals surface area contributed by atoms with Gasteiger partial charge in [0.05, 0.1) is 12.1 Å². The van der Waals surface area contributed by atoms with E-state index in [2.05, 4.69) is 19.9 Å². The number of fused-ring (bicyclic) bond motifs is 1. The fourth-order valence-corrected chi connectivity index (χ4v) is 3.17. The van der Waals surface area contributed by atoms with E-state index in [4.69, 9.17) is 4.74 Å². The Morgan fingerprint density at radius 1 is 1.13 bits per heavy atom. The summed E-state index contributed by atoms with van der Waals surface area (Å²) >= 11 is 0. The molecule has 0 bridgehead atoms. The zero-order valence-electron chi connectivity index (χ0n) is 12.6. The van der Waals surface area contributed by atoms with Crippen molar-refractivity contribution in [1.82, 2.24) is 19.9 Å². The van der Waals surface area contributed by atoms with Gasteiger partial charge in [-0.15, -0.1) is 0 Å². The third-order valence-corrected chi connectivity index (χ3v) is 4.32. The highest BCUT2D eigenvalue weighted by Crippen LogP contribution is 2.27. The Bertz CT molecular complexity index is 681. The van der Waals surface area contributed by atoms with Crippen LogP contribution in [-0.2, 0) is 16.1 Å². The van der Waals surface area contributed by atoms with Gasteiger partial charge in [-0.1, -0.05) is 0 Å². The second-order valence-electron chi connectivity index (χ2n) is 5.75. The van der Waals surface area contributed by atoms with E-state index in [1.54, 1.807) is 30.9 Å². The maximum absolute atomic E-state index is 12.3. The molecule has 0 saturated carbocycles. The van der Waals surface area contributed by atoms with Crippen LogP contribution in [0.3, 0.4) is 0 Å². The van der Waals surface area contributed by atoms with Crippen LogP contribution in [0.4, 0.5) is 5.95 Å². The predicted octanol–water partition coefficient (Wildman–Crippen LogP) is 0.488. The SMILES string of the molecule is O=C1CO[C@@H]2CN(c3ncccn3)C[C@H]2N1Cc1ccncc1. The molecule has 23 heavy (non-hydrogen) atoms. The van der Waals surface area contributed by atoms with Crippen LogP contribution < -0.4 is 4.90 Å². The lowest BCUT2D eigenvalue weighted by Crippen LogP contribution is -2.53. The highest BCUT2D eigenvalue weighted by Gasteiger charge is 2.43. The lowest BCUT2D eigenvalue weighted by molar-refractivity contribution is -0.153. The number of carbonyl (C=O) groups is 1. The predicted molar refractivity (Wildman–Crippen MR) is 82.6 cm³/mol. The molecule has 0 unspecified atom stereocenters. The lowest BCUT2D eigenvalue weighted by Gasteiger charge is -2.36. The topological polar surface area (TPSA) is 71.5 Å². The summed E-state index contributed by atoms with van der Waals surface area (Å²) in [6, 6.07) is 5.69. The lowest BCUT2D eigenvalue weighted by atomic mass is 10.1. The highest BCUT2D eigenvalue weighted by atomic mass is 16.5. The molecule has 2 atom stereocenters. The number of pyridine rings is 1. The minimum Gasteiger partial charge on any atom is -0.364 e. The first-order chi connectivity index (χ1) is 11.3. The van der Waals surface area contributed by atoms with Gasteiger partial charge in [-0.25, -0.2) is 9.97 Å². The summed E-state index contributed by atoms with van der Waals surface area (Å²) in [7, 11) is 0. The third kappa shape index (κ3) is 2.75. The van der Waals surface area contributed by atoms with Crippen LogP contribution in [0.1, 0.15) is 5.56 Å². The summed E-state index contributed by atoms with van der Waals surface area (Å²) in [5.41, 5.74) is 1.07. The van der Waals surface area contributed by atoms with Gasteiger partial charge in [-0.2, -0.15) is 0 Å². The average Bonchev–Trinajstić information content (AvgIpc) is 3.04. The minimum absolute atomic E-state index is 0.00153. The maximum atomic E-state index is 12.3. The molecule has 2 fully saturated rings. The second kappa shape index (κ2) is 5.92. The molecule has 4 rings (SSSR count). The normalized spacial score (nSPS) is 23.9. The van der Waals surface area contributed by atoms with Gasteiger partial charge in [0.25, 0.3) is 0 Å². The number of morpholine rings is 1. The molecule has 7 nitrogen and oxygen atoms in total. The Morgan fingerprint density at radius 3 is 2.70 bits per heavy atom. The first kappa shape index (κ1) is 14.1. The molecule has 7 heteroatoms. The van der Waals surface area contributed by atoms with E-state index in [9.17, 15) is 4.79 Å². The Balaban J connectivity index is 1.54. The molecule has 2 aliphatic heterocycles. The number of nitrogens with zero attached hydrogens (tertiary/aromatic N) is 5. The first-order valence-corrected chi connectivity index (χ1v) is 7.63. The number of carbonyl (C=O) groups excluding carboxylic acids is 1. The van der Waals surface area contributed by atoms with Crippen molar-refractivity contribution >= 4 is 11.9 Å². The largest absolute Gasteiger partial charge is 0.364 e. The van der Waals surface area contributed by atoms with Crippen LogP contribution >= 0.6 is 0 Å². The number of amides is 1. The number of anilines is 1. The monoisotopic (exact) mass is 311 g/mol. The van der Waals surface area contributed by atoms with E-state index in [-0.39, 0.29) is 24.7 Å². The Labute approximate surface area is 133 Å². The van der Waals surface area contributed by atoms with Gasteiger partial charge in [0, 0.05) is 44.4 Å². The second-order valence-corrected chi connectivity index (χ2v) is 5.75. The standard InChI is InChI=1S/C16H17N5O2/c22-15-11-23-14-10-20(16-18-4-1-5-19-16)9-13(14)21(15)8-12-2-6-17-7-3-12/h1-7,13-14H,8-11H2/t13-,14-/m1/s1. The van der Waals surface area contributed by atoms with Gasteiger partial charge >= 0.3 is 0 Å². The van der Waals surface area contributed by atoms with Gasteiger partial charge in [0.15, 0.2) is 0 Å². The molecule has 1 amide bonds. The van der Waals surface area contributed by atoms with Crippen molar-refractivity contribution in [2.45, 2.75) is 18.7 Å². The van der Waals surface area contributed by atoms with Crippen LogP contribution in [0.5, 0.6) is 0 Å².